The molecule has 1 aromatic rings. The molecule has 0 aliphatic carbocycles. The molecular weight excluding hydrogens is 443 g/mol. The minimum Gasteiger partial charge on any atom is -0.465 e. The molecule has 2 N–H and O–H groups in total. The zero-order valence-electron chi connectivity index (χ0n) is 17.5. The molecule has 9 nitrogen and oxygen atoms in total. The van der Waals surface area contributed by atoms with Crippen LogP contribution >= 0.6 is 11.3 Å². The van der Waals surface area contributed by atoms with Gasteiger partial charge in [0.05, 0.1) is 25.9 Å². The Labute approximate surface area is 180 Å². The number of nitrogens with zero attached hydrogens (tertiary/aromatic N) is 1. The molecule has 0 saturated heterocycles. The van der Waals surface area contributed by atoms with Crippen LogP contribution in [0.15, 0.2) is 0 Å². The first kappa shape index (κ1) is 24.7. The molecule has 1 aliphatic heterocycles. The van der Waals surface area contributed by atoms with E-state index in [0.717, 1.165) is 18.4 Å². The van der Waals surface area contributed by atoms with Crippen LogP contribution in [0.1, 0.15) is 34.6 Å². The molecule has 174 valence electrons. The van der Waals surface area contributed by atoms with Crippen molar-refractivity contribution in [3.63, 3.8) is 0 Å². The number of fused-ring (bicyclic) bond motifs is 1. The van der Waals surface area contributed by atoms with Crippen molar-refractivity contribution >= 4 is 34.4 Å². The van der Waals surface area contributed by atoms with E-state index in [1.54, 1.807) is 5.32 Å². The summed E-state index contributed by atoms with van der Waals surface area (Å²) in [5.74, 6) is -2.66. The van der Waals surface area contributed by atoms with E-state index >= 15 is 0 Å². The number of alkyl carbamates (subject to hydrolysis) is 1. The molecule has 1 amide bonds. The van der Waals surface area contributed by atoms with Gasteiger partial charge < -0.3 is 24.4 Å². The van der Waals surface area contributed by atoms with Gasteiger partial charge in [0, 0.05) is 18.0 Å². The SMILES string of the molecule is CCOC(=O)NC(Nc1sc2c(c1C(=O)OC)CCN(C)C2)(C(=O)OCC)C(F)(F)F. The summed E-state index contributed by atoms with van der Waals surface area (Å²) >= 11 is 0.875. The summed E-state index contributed by atoms with van der Waals surface area (Å²) in [6, 6.07) is 0. The number of halogens is 3. The molecule has 31 heavy (non-hydrogen) atoms. The van der Waals surface area contributed by atoms with Crippen molar-refractivity contribution in [2.24, 2.45) is 0 Å². The Balaban J connectivity index is 2.64. The highest BCUT2D eigenvalue weighted by Crippen LogP contribution is 2.41. The first-order chi connectivity index (χ1) is 14.5. The highest BCUT2D eigenvalue weighted by atomic mass is 32.1. The molecular formula is C18H24F3N3O6S. The number of hydrogen-bond acceptors (Lipinski definition) is 9. The molecule has 2 heterocycles. The van der Waals surface area contributed by atoms with E-state index in [1.807, 2.05) is 17.3 Å². The molecule has 0 radical (unpaired) electrons. The van der Waals surface area contributed by atoms with Gasteiger partial charge in [0.25, 0.3) is 0 Å². The number of rotatable bonds is 7. The van der Waals surface area contributed by atoms with Crippen molar-refractivity contribution in [1.29, 1.82) is 0 Å². The average molecular weight is 467 g/mol. The van der Waals surface area contributed by atoms with Crippen molar-refractivity contribution in [3.8, 4) is 0 Å². The zero-order valence-corrected chi connectivity index (χ0v) is 18.3. The van der Waals surface area contributed by atoms with E-state index in [0.29, 0.717) is 30.0 Å². The quantitative estimate of drug-likeness (QED) is 0.358. The molecule has 13 heteroatoms. The first-order valence-corrected chi connectivity index (χ1v) is 10.2. The molecule has 1 unspecified atom stereocenters. The van der Waals surface area contributed by atoms with Crippen LogP contribution in [-0.2, 0) is 32.0 Å². The van der Waals surface area contributed by atoms with E-state index < -0.39 is 29.9 Å². The van der Waals surface area contributed by atoms with Crippen molar-refractivity contribution in [2.75, 3.05) is 39.2 Å². The van der Waals surface area contributed by atoms with Gasteiger partial charge in [0.15, 0.2) is 0 Å². The van der Waals surface area contributed by atoms with Crippen LogP contribution in [0.4, 0.5) is 23.0 Å². The lowest BCUT2D eigenvalue weighted by Gasteiger charge is -2.34. The fourth-order valence-electron chi connectivity index (χ4n) is 3.06. The second-order valence-corrected chi connectivity index (χ2v) is 7.73. The topological polar surface area (TPSA) is 106 Å². The maximum atomic E-state index is 14.2. The average Bonchev–Trinajstić information content (AvgIpc) is 3.02. The molecule has 1 aromatic heterocycles. The Bertz CT molecular complexity index is 844. The van der Waals surface area contributed by atoms with Crippen LogP contribution in [0.5, 0.6) is 0 Å². The first-order valence-electron chi connectivity index (χ1n) is 9.39. The van der Waals surface area contributed by atoms with Crippen LogP contribution in [-0.4, -0.2) is 68.7 Å². The minimum atomic E-state index is -5.35. The third kappa shape index (κ3) is 5.03. The smallest absolute Gasteiger partial charge is 0.442 e. The number of carbonyl (C=O) groups excluding carboxylic acids is 3. The van der Waals surface area contributed by atoms with Crippen LogP contribution in [0.2, 0.25) is 0 Å². The largest absolute Gasteiger partial charge is 0.465 e. The van der Waals surface area contributed by atoms with Crippen molar-refractivity contribution in [3.05, 3.63) is 16.0 Å². The number of amides is 1. The molecule has 0 spiro atoms. The van der Waals surface area contributed by atoms with E-state index in [-0.39, 0.29) is 23.8 Å². The number of methoxy groups -OCH3 is 1. The lowest BCUT2D eigenvalue weighted by Crippen LogP contribution is -2.69. The summed E-state index contributed by atoms with van der Waals surface area (Å²) in [6.45, 7) is 3.09. The summed E-state index contributed by atoms with van der Waals surface area (Å²) in [7, 11) is 2.93. The Morgan fingerprint density at radius 1 is 1.16 bits per heavy atom. The monoisotopic (exact) mass is 467 g/mol. The molecule has 1 aliphatic rings. The number of alkyl halides is 3. The summed E-state index contributed by atoms with van der Waals surface area (Å²) in [6.07, 6.45) is -6.43. The molecule has 1 atom stereocenters. The number of carbonyl (C=O) groups is 3. The number of anilines is 1. The number of likely N-dealkylation sites (N-methyl/N-ethyl adjacent to an activating group) is 1. The van der Waals surface area contributed by atoms with Crippen molar-refractivity contribution < 1.29 is 41.8 Å². The predicted molar refractivity (Wildman–Crippen MR) is 105 cm³/mol. The molecule has 0 saturated carbocycles. The van der Waals surface area contributed by atoms with Gasteiger partial charge in [-0.3, -0.25) is 5.32 Å². The minimum absolute atomic E-state index is 0.112. The number of nitrogens with one attached hydrogen (secondary N) is 2. The van der Waals surface area contributed by atoms with Gasteiger partial charge >= 0.3 is 29.9 Å². The van der Waals surface area contributed by atoms with Crippen LogP contribution < -0.4 is 10.6 Å². The summed E-state index contributed by atoms with van der Waals surface area (Å²) in [5, 5.41) is 3.33. The molecule has 2 rings (SSSR count). The Kier molecular flexibility index (Phi) is 7.76. The summed E-state index contributed by atoms with van der Waals surface area (Å²) in [4.78, 5) is 39.5. The molecule has 0 aromatic carbocycles. The Morgan fingerprint density at radius 2 is 1.81 bits per heavy atom. The van der Waals surface area contributed by atoms with E-state index in [2.05, 4.69) is 9.47 Å². The van der Waals surface area contributed by atoms with Gasteiger partial charge in [-0.2, -0.15) is 13.2 Å². The summed E-state index contributed by atoms with van der Waals surface area (Å²) < 4.78 is 56.7. The number of esters is 2. The standard InChI is InChI=1S/C18H24F3N3O6S/c1-5-29-15(26)17(18(19,20)21,23-16(27)30-6-2)22-13-12(14(25)28-4)10-7-8-24(3)9-11(10)31-13/h22H,5-9H2,1-4H3,(H,23,27). The zero-order chi connectivity index (χ0) is 23.4. The normalized spacial score (nSPS) is 16.0. The number of hydrogen-bond donors (Lipinski definition) is 2. The van der Waals surface area contributed by atoms with Crippen molar-refractivity contribution in [1.82, 2.24) is 10.2 Å². The van der Waals surface area contributed by atoms with Gasteiger partial charge in [-0.15, -0.1) is 11.3 Å². The summed E-state index contributed by atoms with van der Waals surface area (Å²) in [5.41, 5.74) is -3.26. The maximum absolute atomic E-state index is 14.2. The van der Waals surface area contributed by atoms with E-state index in [1.165, 1.54) is 13.8 Å². The second-order valence-electron chi connectivity index (χ2n) is 6.63. The fourth-order valence-corrected chi connectivity index (χ4v) is 4.43. The van der Waals surface area contributed by atoms with E-state index in [4.69, 9.17) is 4.74 Å². The highest BCUT2D eigenvalue weighted by Gasteiger charge is 2.64. The van der Waals surface area contributed by atoms with Gasteiger partial charge in [0.2, 0.25) is 0 Å². The molecule has 0 bridgehead atoms. The van der Waals surface area contributed by atoms with Crippen molar-refractivity contribution in [2.45, 2.75) is 38.7 Å². The number of thiophene rings is 1. The predicted octanol–water partition coefficient (Wildman–Crippen LogP) is 2.50. The maximum Gasteiger partial charge on any atom is 0.442 e. The third-order valence-electron chi connectivity index (χ3n) is 4.51. The van der Waals surface area contributed by atoms with Crippen LogP contribution in [0, 0.1) is 0 Å². The molecule has 0 fully saturated rings. The number of ether oxygens (including phenoxy) is 3. The Hall–Kier alpha value is -2.54. The van der Waals surface area contributed by atoms with Gasteiger partial charge in [0.1, 0.15) is 5.00 Å². The lowest BCUT2D eigenvalue weighted by atomic mass is 10.0. The highest BCUT2D eigenvalue weighted by molar-refractivity contribution is 7.16. The third-order valence-corrected chi connectivity index (χ3v) is 5.64. The van der Waals surface area contributed by atoms with Gasteiger partial charge in [-0.25, -0.2) is 14.4 Å². The fraction of sp³-hybridized carbons (Fsp3) is 0.611. The lowest BCUT2D eigenvalue weighted by molar-refractivity contribution is -0.205. The van der Waals surface area contributed by atoms with Crippen LogP contribution in [0.3, 0.4) is 0 Å². The van der Waals surface area contributed by atoms with Gasteiger partial charge in [-0.1, -0.05) is 0 Å². The Morgan fingerprint density at radius 3 is 2.35 bits per heavy atom. The van der Waals surface area contributed by atoms with E-state index in [9.17, 15) is 27.6 Å². The van der Waals surface area contributed by atoms with Crippen LogP contribution in [0.25, 0.3) is 0 Å². The van der Waals surface area contributed by atoms with Gasteiger partial charge in [-0.05, 0) is 32.9 Å². The second kappa shape index (κ2) is 9.73.